The Balaban J connectivity index is 2.20. The molecule has 0 aromatic rings. The highest BCUT2D eigenvalue weighted by Gasteiger charge is 1.98. The Morgan fingerprint density at radius 3 is 2.89 bits per heavy atom. The van der Waals surface area contributed by atoms with Gasteiger partial charge in [0.15, 0.2) is 0 Å². The topological polar surface area (TPSA) is 12.0 Å². The van der Waals surface area contributed by atoms with Crippen LogP contribution in [0.25, 0.3) is 0 Å². The molecule has 9 heavy (non-hydrogen) atoms. The molecule has 1 nitrogen and oxygen atoms in total. The molecule has 0 radical (unpaired) electrons. The van der Waals surface area contributed by atoms with E-state index in [1.165, 1.54) is 37.8 Å². The zero-order chi connectivity index (χ0) is 6.53. The molecule has 1 fully saturated rings. The minimum Gasteiger partial charge on any atom is -0.316 e. The lowest BCUT2D eigenvalue weighted by Crippen LogP contribution is -2.18. The average molecular weight is 125 g/mol. The molecule has 1 heteroatoms. The van der Waals surface area contributed by atoms with E-state index in [-0.39, 0.29) is 0 Å². The van der Waals surface area contributed by atoms with Crippen molar-refractivity contribution < 1.29 is 0 Å². The first-order valence-electron chi connectivity index (χ1n) is 3.77. The normalized spacial score (nSPS) is 22.9. The second-order valence-electron chi connectivity index (χ2n) is 2.71. The number of hydrogen-bond donors (Lipinski definition) is 1. The van der Waals surface area contributed by atoms with Crippen molar-refractivity contribution >= 4 is 0 Å². The Morgan fingerprint density at radius 2 is 2.00 bits per heavy atom. The Kier molecular flexibility index (Phi) is 2.78. The second kappa shape index (κ2) is 3.67. The lowest BCUT2D eigenvalue weighted by atomic mass is 10.1. The van der Waals surface area contributed by atoms with Crippen LogP contribution in [0.3, 0.4) is 0 Å². The van der Waals surface area contributed by atoms with Gasteiger partial charge in [-0.1, -0.05) is 12.2 Å². The van der Waals surface area contributed by atoms with E-state index in [1.807, 2.05) is 0 Å². The van der Waals surface area contributed by atoms with Gasteiger partial charge in [0.2, 0.25) is 0 Å². The van der Waals surface area contributed by atoms with Gasteiger partial charge in [0.05, 0.1) is 0 Å². The van der Waals surface area contributed by atoms with Crippen LogP contribution < -0.4 is 5.32 Å². The summed E-state index contributed by atoms with van der Waals surface area (Å²) in [5.74, 6) is 0. The molecule has 0 amide bonds. The molecule has 1 heterocycles. The van der Waals surface area contributed by atoms with Crippen molar-refractivity contribution in [3.05, 3.63) is 12.2 Å². The van der Waals surface area contributed by atoms with E-state index < -0.39 is 0 Å². The van der Waals surface area contributed by atoms with Gasteiger partial charge in [-0.25, -0.2) is 0 Å². The van der Waals surface area contributed by atoms with E-state index in [9.17, 15) is 0 Å². The summed E-state index contributed by atoms with van der Waals surface area (Å²) in [6, 6.07) is 0. The number of nitrogens with one attached hydrogen (secondary N) is 1. The van der Waals surface area contributed by atoms with Crippen molar-refractivity contribution in [2.75, 3.05) is 13.1 Å². The summed E-state index contributed by atoms with van der Waals surface area (Å²) in [6.45, 7) is 6.32. The van der Waals surface area contributed by atoms with Gasteiger partial charge in [0, 0.05) is 0 Å². The van der Waals surface area contributed by atoms with Crippen LogP contribution in [-0.2, 0) is 0 Å². The quantitative estimate of drug-likeness (QED) is 0.486. The number of rotatable bonds is 0. The highest BCUT2D eigenvalue weighted by Crippen LogP contribution is 2.09. The summed E-state index contributed by atoms with van der Waals surface area (Å²) >= 11 is 0. The maximum Gasteiger partial charge on any atom is -0.00117 e. The van der Waals surface area contributed by atoms with Crippen molar-refractivity contribution in [1.29, 1.82) is 0 Å². The molecule has 1 aliphatic heterocycles. The van der Waals surface area contributed by atoms with Gasteiger partial charge >= 0.3 is 0 Å². The summed E-state index contributed by atoms with van der Waals surface area (Å²) < 4.78 is 0. The predicted octanol–water partition coefficient (Wildman–Crippen LogP) is 1.71. The van der Waals surface area contributed by atoms with Crippen molar-refractivity contribution in [2.24, 2.45) is 0 Å². The molecular formula is C8H15N. The second-order valence-corrected chi connectivity index (χ2v) is 2.71. The maximum atomic E-state index is 3.98. The SMILES string of the molecule is C=C1CCCCNCC1. The van der Waals surface area contributed by atoms with Crippen LogP contribution in [0.1, 0.15) is 25.7 Å². The van der Waals surface area contributed by atoms with Crippen molar-refractivity contribution in [1.82, 2.24) is 5.32 Å². The highest BCUT2D eigenvalue weighted by atomic mass is 14.8. The highest BCUT2D eigenvalue weighted by molar-refractivity contribution is 4.95. The molecule has 0 spiro atoms. The van der Waals surface area contributed by atoms with E-state index in [0.29, 0.717) is 0 Å². The van der Waals surface area contributed by atoms with Crippen LogP contribution >= 0.6 is 0 Å². The Labute approximate surface area is 57.1 Å². The van der Waals surface area contributed by atoms with E-state index in [1.54, 1.807) is 0 Å². The fourth-order valence-electron chi connectivity index (χ4n) is 1.14. The molecule has 0 atom stereocenters. The van der Waals surface area contributed by atoms with Gasteiger partial charge in [0.25, 0.3) is 0 Å². The molecule has 0 bridgehead atoms. The first-order chi connectivity index (χ1) is 4.39. The molecule has 0 aromatic heterocycles. The number of hydrogen-bond acceptors (Lipinski definition) is 1. The summed E-state index contributed by atoms with van der Waals surface area (Å²) in [4.78, 5) is 0. The minimum atomic E-state index is 1.14. The largest absolute Gasteiger partial charge is 0.316 e. The lowest BCUT2D eigenvalue weighted by molar-refractivity contribution is 0.580. The first-order valence-corrected chi connectivity index (χ1v) is 3.77. The fraction of sp³-hybridized carbons (Fsp3) is 0.750. The van der Waals surface area contributed by atoms with Gasteiger partial charge in [-0.05, 0) is 38.8 Å². The first kappa shape index (κ1) is 6.81. The molecule has 1 rings (SSSR count). The average Bonchev–Trinajstić information content (AvgIpc) is 1.79. The molecule has 0 aliphatic carbocycles. The van der Waals surface area contributed by atoms with E-state index >= 15 is 0 Å². The van der Waals surface area contributed by atoms with Crippen molar-refractivity contribution in [2.45, 2.75) is 25.7 Å². The molecule has 1 N–H and O–H groups in total. The fourth-order valence-corrected chi connectivity index (χ4v) is 1.14. The lowest BCUT2D eigenvalue weighted by Gasteiger charge is -2.11. The predicted molar refractivity (Wildman–Crippen MR) is 40.5 cm³/mol. The summed E-state index contributed by atoms with van der Waals surface area (Å²) in [5, 5.41) is 3.36. The zero-order valence-corrected chi connectivity index (χ0v) is 5.95. The third-order valence-corrected chi connectivity index (χ3v) is 1.79. The Bertz CT molecular complexity index is 86.7. The van der Waals surface area contributed by atoms with E-state index in [4.69, 9.17) is 0 Å². The van der Waals surface area contributed by atoms with Crippen LogP contribution in [0.4, 0.5) is 0 Å². The van der Waals surface area contributed by atoms with Gasteiger partial charge in [-0.2, -0.15) is 0 Å². The van der Waals surface area contributed by atoms with Gasteiger partial charge in [-0.15, -0.1) is 0 Å². The van der Waals surface area contributed by atoms with Crippen molar-refractivity contribution in [3.8, 4) is 0 Å². The van der Waals surface area contributed by atoms with Crippen molar-refractivity contribution in [3.63, 3.8) is 0 Å². The van der Waals surface area contributed by atoms with E-state index in [0.717, 1.165) is 6.54 Å². The van der Waals surface area contributed by atoms with E-state index in [2.05, 4.69) is 11.9 Å². The third kappa shape index (κ3) is 2.66. The van der Waals surface area contributed by atoms with Crippen LogP contribution in [-0.4, -0.2) is 13.1 Å². The summed E-state index contributed by atoms with van der Waals surface area (Å²) in [6.07, 6.45) is 5.08. The molecule has 0 unspecified atom stereocenters. The third-order valence-electron chi connectivity index (χ3n) is 1.79. The van der Waals surface area contributed by atoms with Gasteiger partial charge in [0.1, 0.15) is 0 Å². The van der Waals surface area contributed by atoms with Crippen LogP contribution in [0, 0.1) is 0 Å². The maximum absolute atomic E-state index is 3.98. The van der Waals surface area contributed by atoms with Crippen LogP contribution in [0.5, 0.6) is 0 Å². The molecule has 1 saturated heterocycles. The van der Waals surface area contributed by atoms with Gasteiger partial charge < -0.3 is 5.32 Å². The zero-order valence-electron chi connectivity index (χ0n) is 5.95. The molecular weight excluding hydrogens is 110 g/mol. The Morgan fingerprint density at radius 1 is 1.11 bits per heavy atom. The molecule has 0 saturated carbocycles. The standard InChI is InChI=1S/C8H15N/c1-8-4-2-3-6-9-7-5-8/h9H,1-7H2. The van der Waals surface area contributed by atoms with Crippen LogP contribution in [0.2, 0.25) is 0 Å². The minimum absolute atomic E-state index is 1.14. The summed E-state index contributed by atoms with van der Waals surface area (Å²) in [5.41, 5.74) is 1.42. The smallest absolute Gasteiger partial charge is 0.00117 e. The molecule has 1 aliphatic rings. The molecule has 0 aromatic carbocycles. The molecule has 52 valence electrons. The van der Waals surface area contributed by atoms with Gasteiger partial charge in [-0.3, -0.25) is 0 Å². The summed E-state index contributed by atoms with van der Waals surface area (Å²) in [7, 11) is 0. The monoisotopic (exact) mass is 125 g/mol. The van der Waals surface area contributed by atoms with Crippen LogP contribution in [0.15, 0.2) is 12.2 Å². The Hall–Kier alpha value is -0.300.